The number of nitrogens with zero attached hydrogens (tertiary/aromatic N) is 1. The third-order valence-corrected chi connectivity index (χ3v) is 2.92. The summed E-state index contributed by atoms with van der Waals surface area (Å²) in [4.78, 5) is 14.6. The van der Waals surface area contributed by atoms with Crippen LogP contribution in [-0.2, 0) is 0 Å². The lowest BCUT2D eigenvalue weighted by Crippen LogP contribution is -2.08. The number of pyridine rings is 1. The smallest absolute Gasteiger partial charge is 0.337 e. The van der Waals surface area contributed by atoms with Gasteiger partial charge in [-0.3, -0.25) is 4.98 Å². The summed E-state index contributed by atoms with van der Waals surface area (Å²) in [5.74, 6) is 0.194. The molecule has 0 amide bonds. The van der Waals surface area contributed by atoms with Crippen molar-refractivity contribution in [1.82, 2.24) is 4.98 Å². The van der Waals surface area contributed by atoms with Crippen LogP contribution in [0, 0.1) is 5.92 Å². The second kappa shape index (κ2) is 4.96. The molecule has 86 valence electrons. The fourth-order valence-electron chi connectivity index (χ4n) is 2.01. The standard InChI is InChI=1S/C12H15NO3/c14-12(15)10-5-11(7-13-6-10)16-8-9-3-1-2-4-9/h5-7,9H,1-4,8H2,(H,14,15). The molecule has 1 saturated carbocycles. The van der Waals surface area contributed by atoms with Gasteiger partial charge in [0.05, 0.1) is 18.4 Å². The molecule has 1 fully saturated rings. The second-order valence-corrected chi connectivity index (χ2v) is 4.18. The molecule has 0 saturated heterocycles. The Labute approximate surface area is 94.3 Å². The second-order valence-electron chi connectivity index (χ2n) is 4.18. The highest BCUT2D eigenvalue weighted by Crippen LogP contribution is 2.25. The van der Waals surface area contributed by atoms with E-state index in [1.54, 1.807) is 6.20 Å². The van der Waals surface area contributed by atoms with Crippen molar-refractivity contribution in [3.8, 4) is 5.75 Å². The maximum Gasteiger partial charge on any atom is 0.337 e. The topological polar surface area (TPSA) is 59.4 Å². The summed E-state index contributed by atoms with van der Waals surface area (Å²) in [5.41, 5.74) is 0.170. The molecule has 0 unspecified atom stereocenters. The van der Waals surface area contributed by atoms with Gasteiger partial charge in [0.2, 0.25) is 0 Å². The Bertz CT molecular complexity index is 372. The predicted molar refractivity (Wildman–Crippen MR) is 58.6 cm³/mol. The molecule has 1 aromatic heterocycles. The highest BCUT2D eigenvalue weighted by atomic mass is 16.5. The van der Waals surface area contributed by atoms with Gasteiger partial charge in [0.1, 0.15) is 5.75 Å². The molecule has 0 radical (unpaired) electrons. The van der Waals surface area contributed by atoms with E-state index in [9.17, 15) is 4.79 Å². The van der Waals surface area contributed by atoms with Gasteiger partial charge in [-0.25, -0.2) is 4.79 Å². The number of aromatic carboxylic acids is 1. The van der Waals surface area contributed by atoms with E-state index < -0.39 is 5.97 Å². The molecular formula is C12H15NO3. The number of ether oxygens (including phenoxy) is 1. The van der Waals surface area contributed by atoms with E-state index in [1.165, 1.54) is 37.9 Å². The van der Waals surface area contributed by atoms with Gasteiger partial charge in [-0.05, 0) is 24.8 Å². The molecule has 0 spiro atoms. The number of hydrogen-bond donors (Lipinski definition) is 1. The minimum absolute atomic E-state index is 0.170. The van der Waals surface area contributed by atoms with Crippen LogP contribution in [0.2, 0.25) is 0 Å². The summed E-state index contributed by atoms with van der Waals surface area (Å²) in [5, 5.41) is 8.79. The zero-order chi connectivity index (χ0) is 11.4. The van der Waals surface area contributed by atoms with Gasteiger partial charge in [-0.1, -0.05) is 12.8 Å². The Morgan fingerprint density at radius 3 is 2.88 bits per heavy atom. The summed E-state index contributed by atoms with van der Waals surface area (Å²) in [6.45, 7) is 0.671. The molecule has 4 nitrogen and oxygen atoms in total. The molecule has 1 N–H and O–H groups in total. The van der Waals surface area contributed by atoms with Crippen LogP contribution >= 0.6 is 0 Å². The average molecular weight is 221 g/mol. The first-order valence-corrected chi connectivity index (χ1v) is 5.57. The molecule has 16 heavy (non-hydrogen) atoms. The van der Waals surface area contributed by atoms with Crippen molar-refractivity contribution >= 4 is 5.97 Å². The first kappa shape index (κ1) is 10.9. The van der Waals surface area contributed by atoms with Crippen molar-refractivity contribution in [3.05, 3.63) is 24.0 Å². The molecule has 4 heteroatoms. The molecule has 1 aromatic rings. The molecule has 1 aliphatic carbocycles. The molecule has 1 heterocycles. The van der Waals surface area contributed by atoms with Crippen LogP contribution in [-0.4, -0.2) is 22.7 Å². The van der Waals surface area contributed by atoms with Crippen LogP contribution in [0.4, 0.5) is 0 Å². The van der Waals surface area contributed by atoms with Gasteiger partial charge in [-0.15, -0.1) is 0 Å². The first-order valence-electron chi connectivity index (χ1n) is 5.57. The third-order valence-electron chi connectivity index (χ3n) is 2.92. The van der Waals surface area contributed by atoms with Crippen LogP contribution in [0.5, 0.6) is 5.75 Å². The van der Waals surface area contributed by atoms with Gasteiger partial charge < -0.3 is 9.84 Å². The molecule has 0 atom stereocenters. The molecule has 1 aliphatic rings. The maximum absolute atomic E-state index is 10.7. The summed E-state index contributed by atoms with van der Waals surface area (Å²) < 4.78 is 5.55. The van der Waals surface area contributed by atoms with Crippen LogP contribution in [0.3, 0.4) is 0 Å². The van der Waals surface area contributed by atoms with Gasteiger partial charge in [-0.2, -0.15) is 0 Å². The number of rotatable bonds is 4. The van der Waals surface area contributed by atoms with Crippen molar-refractivity contribution in [3.63, 3.8) is 0 Å². The number of aromatic nitrogens is 1. The van der Waals surface area contributed by atoms with Crippen molar-refractivity contribution in [2.24, 2.45) is 5.92 Å². The highest BCUT2D eigenvalue weighted by molar-refractivity contribution is 5.87. The number of carboxylic acid groups (broad SMARTS) is 1. The molecule has 0 bridgehead atoms. The number of carbonyl (C=O) groups is 1. The zero-order valence-electron chi connectivity index (χ0n) is 9.06. The first-order chi connectivity index (χ1) is 7.75. The van der Waals surface area contributed by atoms with Crippen LogP contribution < -0.4 is 4.74 Å². The third kappa shape index (κ3) is 2.72. The van der Waals surface area contributed by atoms with E-state index in [-0.39, 0.29) is 5.56 Å². The largest absolute Gasteiger partial charge is 0.492 e. The van der Waals surface area contributed by atoms with E-state index in [2.05, 4.69) is 4.98 Å². The highest BCUT2D eigenvalue weighted by Gasteiger charge is 2.15. The minimum Gasteiger partial charge on any atom is -0.492 e. The van der Waals surface area contributed by atoms with Crippen LogP contribution in [0.1, 0.15) is 36.0 Å². The Hall–Kier alpha value is -1.58. The molecule has 0 aliphatic heterocycles. The monoisotopic (exact) mass is 221 g/mol. The average Bonchev–Trinajstić information content (AvgIpc) is 2.79. The van der Waals surface area contributed by atoms with Crippen molar-refractivity contribution < 1.29 is 14.6 Å². The predicted octanol–water partition coefficient (Wildman–Crippen LogP) is 2.35. The van der Waals surface area contributed by atoms with E-state index in [0.29, 0.717) is 18.3 Å². The fraction of sp³-hybridized carbons (Fsp3) is 0.500. The summed E-state index contributed by atoms with van der Waals surface area (Å²) >= 11 is 0. The number of carboxylic acids is 1. The van der Waals surface area contributed by atoms with Gasteiger partial charge >= 0.3 is 5.97 Å². The van der Waals surface area contributed by atoms with Gasteiger partial charge in [0.15, 0.2) is 0 Å². The SMILES string of the molecule is O=C(O)c1cncc(OCC2CCCC2)c1. The van der Waals surface area contributed by atoms with Crippen LogP contribution in [0.15, 0.2) is 18.5 Å². The Kier molecular flexibility index (Phi) is 3.39. The fourth-order valence-corrected chi connectivity index (χ4v) is 2.01. The maximum atomic E-state index is 10.7. The summed E-state index contributed by atoms with van der Waals surface area (Å²) in [6, 6.07) is 1.52. The van der Waals surface area contributed by atoms with Crippen LogP contribution in [0.25, 0.3) is 0 Å². The van der Waals surface area contributed by atoms with E-state index in [0.717, 1.165) is 0 Å². The summed E-state index contributed by atoms with van der Waals surface area (Å²) in [7, 11) is 0. The van der Waals surface area contributed by atoms with E-state index in [4.69, 9.17) is 9.84 Å². The Morgan fingerprint density at radius 2 is 2.19 bits per heavy atom. The Morgan fingerprint density at radius 1 is 1.44 bits per heavy atom. The molecule has 2 rings (SSSR count). The van der Waals surface area contributed by atoms with Crippen molar-refractivity contribution in [2.45, 2.75) is 25.7 Å². The molecular weight excluding hydrogens is 206 g/mol. The van der Waals surface area contributed by atoms with Crippen molar-refractivity contribution in [1.29, 1.82) is 0 Å². The summed E-state index contributed by atoms with van der Waals surface area (Å²) in [6.07, 6.45) is 7.87. The van der Waals surface area contributed by atoms with E-state index >= 15 is 0 Å². The van der Waals surface area contributed by atoms with E-state index in [1.807, 2.05) is 0 Å². The van der Waals surface area contributed by atoms with Crippen molar-refractivity contribution in [2.75, 3.05) is 6.61 Å². The minimum atomic E-state index is -0.973. The zero-order valence-corrected chi connectivity index (χ0v) is 9.06. The Balaban J connectivity index is 1.93. The van der Waals surface area contributed by atoms with Gasteiger partial charge in [0, 0.05) is 6.20 Å². The quantitative estimate of drug-likeness (QED) is 0.847. The van der Waals surface area contributed by atoms with Gasteiger partial charge in [0.25, 0.3) is 0 Å². The molecule has 0 aromatic carbocycles. The normalized spacial score (nSPS) is 16.2. The number of hydrogen-bond acceptors (Lipinski definition) is 3. The lowest BCUT2D eigenvalue weighted by molar-refractivity contribution is 0.0695. The lowest BCUT2D eigenvalue weighted by Gasteiger charge is -2.11. The lowest BCUT2D eigenvalue weighted by atomic mass is 10.1.